The van der Waals surface area contributed by atoms with Gasteiger partial charge in [-0.25, -0.2) is 0 Å². The van der Waals surface area contributed by atoms with Crippen LogP contribution in [-0.2, 0) is 4.74 Å². The first-order chi connectivity index (χ1) is 10.2. The van der Waals surface area contributed by atoms with Gasteiger partial charge < -0.3 is 9.84 Å². The molecule has 0 aliphatic rings. The lowest BCUT2D eigenvalue weighted by atomic mass is 9.98. The number of halogens is 2. The first-order valence-electron chi connectivity index (χ1n) is 6.61. The van der Waals surface area contributed by atoms with Crippen molar-refractivity contribution < 1.29 is 9.84 Å². The second-order valence-corrected chi connectivity index (χ2v) is 5.30. The van der Waals surface area contributed by atoms with Gasteiger partial charge in [0.15, 0.2) is 0 Å². The van der Waals surface area contributed by atoms with Crippen molar-refractivity contribution in [2.45, 2.75) is 0 Å². The lowest BCUT2D eigenvalue weighted by Crippen LogP contribution is -1.99. The van der Waals surface area contributed by atoms with Gasteiger partial charge in [-0.05, 0) is 41.0 Å². The molecule has 1 N–H and O–H groups in total. The minimum atomic E-state index is 0.0189. The average molecular weight is 323 g/mol. The Balaban J connectivity index is 2.29. The van der Waals surface area contributed by atoms with Crippen molar-refractivity contribution in [3.8, 4) is 0 Å². The van der Waals surface area contributed by atoms with Gasteiger partial charge in [0.2, 0.25) is 0 Å². The molecule has 2 aromatic rings. The Morgan fingerprint density at radius 2 is 1.38 bits per heavy atom. The van der Waals surface area contributed by atoms with Crippen molar-refractivity contribution >= 4 is 28.8 Å². The Bertz CT molecular complexity index is 542. The molecule has 0 spiro atoms. The Morgan fingerprint density at radius 3 is 1.81 bits per heavy atom. The Morgan fingerprint density at radius 1 is 0.905 bits per heavy atom. The molecular weight excluding hydrogens is 307 g/mol. The lowest BCUT2D eigenvalue weighted by Gasteiger charge is -2.09. The highest BCUT2D eigenvalue weighted by atomic mass is 35.5. The third kappa shape index (κ3) is 4.87. The highest BCUT2D eigenvalue weighted by Crippen LogP contribution is 2.25. The van der Waals surface area contributed by atoms with E-state index in [0.29, 0.717) is 23.3 Å². The third-order valence-electron chi connectivity index (χ3n) is 2.95. The maximum Gasteiger partial charge on any atom is 0.0702 e. The van der Waals surface area contributed by atoms with Gasteiger partial charge in [0.25, 0.3) is 0 Å². The van der Waals surface area contributed by atoms with Crippen LogP contribution < -0.4 is 0 Å². The number of benzene rings is 2. The summed E-state index contributed by atoms with van der Waals surface area (Å²) in [7, 11) is 0. The molecule has 110 valence electrons. The second kappa shape index (κ2) is 8.20. The summed E-state index contributed by atoms with van der Waals surface area (Å²) in [5, 5.41) is 10.2. The molecule has 0 radical (unpaired) electrons. The lowest BCUT2D eigenvalue weighted by molar-refractivity contribution is 0.112. The van der Waals surface area contributed by atoms with Crippen LogP contribution >= 0.6 is 23.2 Å². The van der Waals surface area contributed by atoms with Crippen molar-refractivity contribution in [3.05, 3.63) is 75.8 Å². The molecule has 0 aliphatic heterocycles. The number of aliphatic hydroxyl groups is 1. The molecule has 0 heterocycles. The number of ether oxygens (including phenoxy) is 1. The fraction of sp³-hybridized carbons (Fsp3) is 0.176. The highest BCUT2D eigenvalue weighted by Gasteiger charge is 2.05. The normalized spacial score (nSPS) is 10.4. The van der Waals surface area contributed by atoms with Crippen LogP contribution in [0.3, 0.4) is 0 Å². The van der Waals surface area contributed by atoms with Crippen LogP contribution in [0.1, 0.15) is 11.1 Å². The summed E-state index contributed by atoms with van der Waals surface area (Å²) in [5.41, 5.74) is 3.14. The van der Waals surface area contributed by atoms with Crippen LogP contribution in [0.5, 0.6) is 0 Å². The van der Waals surface area contributed by atoms with E-state index in [1.54, 1.807) is 0 Å². The topological polar surface area (TPSA) is 29.5 Å². The maximum absolute atomic E-state index is 8.75. The largest absolute Gasteiger partial charge is 0.394 e. The fourth-order valence-electron chi connectivity index (χ4n) is 1.95. The molecule has 2 rings (SSSR count). The Hall–Kier alpha value is -1.32. The maximum atomic E-state index is 8.75. The van der Waals surface area contributed by atoms with E-state index in [-0.39, 0.29) is 6.61 Å². The summed E-state index contributed by atoms with van der Waals surface area (Å²) >= 11 is 11.9. The van der Waals surface area contributed by atoms with E-state index in [0.717, 1.165) is 16.7 Å². The quantitative estimate of drug-likeness (QED) is 0.797. The van der Waals surface area contributed by atoms with Gasteiger partial charge in [-0.1, -0.05) is 53.5 Å². The monoisotopic (exact) mass is 322 g/mol. The summed E-state index contributed by atoms with van der Waals surface area (Å²) in [4.78, 5) is 0. The zero-order chi connectivity index (χ0) is 15.1. The van der Waals surface area contributed by atoms with Gasteiger partial charge in [-0.15, -0.1) is 0 Å². The molecule has 0 atom stereocenters. The van der Waals surface area contributed by atoms with Crippen LogP contribution in [0.25, 0.3) is 5.57 Å². The third-order valence-corrected chi connectivity index (χ3v) is 3.46. The standard InChI is InChI=1S/C17H16Cl2O2/c18-15-5-1-13(2-6-15)17(9-11-21-12-10-20)14-3-7-16(19)8-4-14/h1-9,20H,10-12H2. The summed E-state index contributed by atoms with van der Waals surface area (Å²) in [6, 6.07) is 15.3. The summed E-state index contributed by atoms with van der Waals surface area (Å²) in [6.07, 6.45) is 1.99. The summed E-state index contributed by atoms with van der Waals surface area (Å²) < 4.78 is 5.33. The van der Waals surface area contributed by atoms with E-state index in [1.807, 2.05) is 54.6 Å². The zero-order valence-electron chi connectivity index (χ0n) is 11.4. The van der Waals surface area contributed by atoms with E-state index >= 15 is 0 Å². The van der Waals surface area contributed by atoms with E-state index in [4.69, 9.17) is 33.0 Å². The van der Waals surface area contributed by atoms with E-state index in [1.165, 1.54) is 0 Å². The molecule has 0 amide bonds. The number of hydrogen-bond acceptors (Lipinski definition) is 2. The van der Waals surface area contributed by atoms with Crippen LogP contribution in [-0.4, -0.2) is 24.9 Å². The molecule has 0 aromatic heterocycles. The van der Waals surface area contributed by atoms with Gasteiger partial charge >= 0.3 is 0 Å². The van der Waals surface area contributed by atoms with Crippen LogP contribution in [0.2, 0.25) is 10.0 Å². The number of rotatable bonds is 6. The van der Waals surface area contributed by atoms with Crippen molar-refractivity contribution in [2.75, 3.05) is 19.8 Å². The first kappa shape index (κ1) is 16.1. The first-order valence-corrected chi connectivity index (χ1v) is 7.37. The van der Waals surface area contributed by atoms with Gasteiger partial charge in [0.05, 0.1) is 19.8 Å². The Labute approximate surface area is 134 Å². The predicted octanol–water partition coefficient (Wildman–Crippen LogP) is 4.43. The molecule has 21 heavy (non-hydrogen) atoms. The molecule has 0 bridgehead atoms. The van der Waals surface area contributed by atoms with Crippen molar-refractivity contribution in [3.63, 3.8) is 0 Å². The minimum absolute atomic E-state index is 0.0189. The molecule has 0 aliphatic carbocycles. The number of hydrogen-bond donors (Lipinski definition) is 1. The van der Waals surface area contributed by atoms with Crippen LogP contribution in [0.4, 0.5) is 0 Å². The highest BCUT2D eigenvalue weighted by molar-refractivity contribution is 6.31. The molecule has 0 unspecified atom stereocenters. The van der Waals surface area contributed by atoms with Crippen molar-refractivity contribution in [1.82, 2.24) is 0 Å². The predicted molar refractivity (Wildman–Crippen MR) is 87.9 cm³/mol. The van der Waals surface area contributed by atoms with E-state index in [2.05, 4.69) is 0 Å². The van der Waals surface area contributed by atoms with Crippen LogP contribution in [0, 0.1) is 0 Å². The van der Waals surface area contributed by atoms with Gasteiger partial charge in [0.1, 0.15) is 0 Å². The summed E-state index contributed by atoms with van der Waals surface area (Å²) in [5.74, 6) is 0. The minimum Gasteiger partial charge on any atom is -0.394 e. The SMILES string of the molecule is OCCOCC=C(c1ccc(Cl)cc1)c1ccc(Cl)cc1. The van der Waals surface area contributed by atoms with Crippen molar-refractivity contribution in [1.29, 1.82) is 0 Å². The molecule has 0 saturated carbocycles. The van der Waals surface area contributed by atoms with Crippen molar-refractivity contribution in [2.24, 2.45) is 0 Å². The van der Waals surface area contributed by atoms with E-state index < -0.39 is 0 Å². The zero-order valence-corrected chi connectivity index (χ0v) is 12.9. The summed E-state index contributed by atoms with van der Waals surface area (Å²) in [6.45, 7) is 0.775. The van der Waals surface area contributed by atoms with Gasteiger partial charge in [-0.3, -0.25) is 0 Å². The second-order valence-electron chi connectivity index (χ2n) is 4.43. The molecule has 4 heteroatoms. The molecule has 2 aromatic carbocycles. The molecule has 0 saturated heterocycles. The Kier molecular flexibility index (Phi) is 6.27. The molecule has 0 fully saturated rings. The fourth-order valence-corrected chi connectivity index (χ4v) is 2.20. The van der Waals surface area contributed by atoms with Crippen LogP contribution in [0.15, 0.2) is 54.6 Å². The molecular formula is C17H16Cl2O2. The van der Waals surface area contributed by atoms with E-state index in [9.17, 15) is 0 Å². The van der Waals surface area contributed by atoms with Gasteiger partial charge in [0, 0.05) is 10.0 Å². The van der Waals surface area contributed by atoms with Gasteiger partial charge in [-0.2, -0.15) is 0 Å². The smallest absolute Gasteiger partial charge is 0.0702 e. The average Bonchev–Trinajstić information content (AvgIpc) is 2.50. The molecule has 2 nitrogen and oxygen atoms in total. The number of aliphatic hydroxyl groups excluding tert-OH is 1.